The van der Waals surface area contributed by atoms with Gasteiger partial charge in [0.1, 0.15) is 11.8 Å². The number of para-hydroxylation sites is 2. The van der Waals surface area contributed by atoms with Gasteiger partial charge in [0.05, 0.1) is 19.1 Å². The van der Waals surface area contributed by atoms with Crippen LogP contribution in [-0.4, -0.2) is 30.3 Å². The van der Waals surface area contributed by atoms with Crippen LogP contribution < -0.4 is 9.47 Å². The molecule has 0 aliphatic carbocycles. The number of benzene rings is 2. The molecule has 0 saturated heterocycles. The number of furan rings is 1. The van der Waals surface area contributed by atoms with Gasteiger partial charge in [-0.15, -0.1) is 0 Å². The number of carbonyl (C=O) groups excluding carboxylic acids is 1. The summed E-state index contributed by atoms with van der Waals surface area (Å²) in [5, 5.41) is 6.64. The standard InChI is InChI=1S/C22H19ClN2O4/c1-27-20-5-2-3-6-21(20)29-14-22(26)25-18(19-7-4-12-28-19)13-17(24-25)15-8-10-16(23)11-9-15/h2-12,18H,13-14H2,1H3/t18-/m0/s1. The molecule has 0 spiro atoms. The number of rotatable bonds is 6. The lowest BCUT2D eigenvalue weighted by molar-refractivity contribution is -0.135. The molecule has 1 atom stereocenters. The van der Waals surface area contributed by atoms with Crippen molar-refractivity contribution in [3.05, 3.63) is 83.3 Å². The van der Waals surface area contributed by atoms with Gasteiger partial charge in [0.25, 0.3) is 5.91 Å². The second-order valence-electron chi connectivity index (χ2n) is 6.47. The molecule has 29 heavy (non-hydrogen) atoms. The highest BCUT2D eigenvalue weighted by molar-refractivity contribution is 6.30. The Morgan fingerprint density at radius 3 is 2.59 bits per heavy atom. The number of nitrogens with zero attached hydrogens (tertiary/aromatic N) is 2. The van der Waals surface area contributed by atoms with Gasteiger partial charge in [0.2, 0.25) is 0 Å². The lowest BCUT2D eigenvalue weighted by Crippen LogP contribution is -2.31. The van der Waals surface area contributed by atoms with Crippen LogP contribution in [0.1, 0.15) is 23.8 Å². The summed E-state index contributed by atoms with van der Waals surface area (Å²) in [5.74, 6) is 1.46. The molecular weight excluding hydrogens is 392 g/mol. The Labute approximate surface area is 173 Å². The first-order valence-corrected chi connectivity index (χ1v) is 9.48. The van der Waals surface area contributed by atoms with E-state index in [0.717, 1.165) is 11.3 Å². The zero-order valence-corrected chi connectivity index (χ0v) is 16.5. The van der Waals surface area contributed by atoms with Crippen molar-refractivity contribution in [2.45, 2.75) is 12.5 Å². The molecule has 1 aliphatic heterocycles. The Balaban J connectivity index is 1.55. The molecule has 2 heterocycles. The molecule has 1 amide bonds. The zero-order chi connectivity index (χ0) is 20.2. The number of amides is 1. The molecule has 1 aromatic heterocycles. The van der Waals surface area contributed by atoms with Crippen molar-refractivity contribution >= 4 is 23.2 Å². The van der Waals surface area contributed by atoms with Gasteiger partial charge < -0.3 is 13.9 Å². The fourth-order valence-corrected chi connectivity index (χ4v) is 3.33. The van der Waals surface area contributed by atoms with Crippen LogP contribution in [0.2, 0.25) is 5.02 Å². The Hall–Kier alpha value is -3.25. The fraction of sp³-hybridized carbons (Fsp3) is 0.182. The minimum atomic E-state index is -0.329. The Kier molecular flexibility index (Phi) is 5.53. The van der Waals surface area contributed by atoms with Crippen molar-refractivity contribution in [1.29, 1.82) is 0 Å². The van der Waals surface area contributed by atoms with Crippen LogP contribution in [0.4, 0.5) is 0 Å². The number of hydrogen-bond donors (Lipinski definition) is 0. The topological polar surface area (TPSA) is 64.3 Å². The number of halogens is 1. The fourth-order valence-electron chi connectivity index (χ4n) is 3.20. The highest BCUT2D eigenvalue weighted by Crippen LogP contribution is 2.33. The predicted molar refractivity (Wildman–Crippen MR) is 109 cm³/mol. The number of carbonyl (C=O) groups is 1. The summed E-state index contributed by atoms with van der Waals surface area (Å²) < 4.78 is 16.5. The maximum atomic E-state index is 12.9. The predicted octanol–water partition coefficient (Wildman–Crippen LogP) is 4.70. The molecule has 3 aromatic rings. The maximum Gasteiger partial charge on any atom is 0.281 e. The minimum absolute atomic E-state index is 0.172. The summed E-state index contributed by atoms with van der Waals surface area (Å²) in [5.41, 5.74) is 1.70. The molecule has 0 saturated carbocycles. The SMILES string of the molecule is COc1ccccc1OCC(=O)N1N=C(c2ccc(Cl)cc2)C[C@H]1c1ccco1. The minimum Gasteiger partial charge on any atom is -0.493 e. The van der Waals surface area contributed by atoms with Gasteiger partial charge >= 0.3 is 0 Å². The molecule has 6 nitrogen and oxygen atoms in total. The van der Waals surface area contributed by atoms with E-state index in [9.17, 15) is 4.79 Å². The van der Waals surface area contributed by atoms with Crippen LogP contribution in [0.25, 0.3) is 0 Å². The van der Waals surface area contributed by atoms with Crippen LogP contribution in [-0.2, 0) is 4.79 Å². The van der Waals surface area contributed by atoms with Crippen molar-refractivity contribution in [2.75, 3.05) is 13.7 Å². The van der Waals surface area contributed by atoms with Gasteiger partial charge in [-0.2, -0.15) is 5.10 Å². The van der Waals surface area contributed by atoms with Gasteiger partial charge in [0.15, 0.2) is 18.1 Å². The molecule has 4 rings (SSSR count). The van der Waals surface area contributed by atoms with Crippen LogP contribution in [0.15, 0.2) is 76.4 Å². The van der Waals surface area contributed by atoms with E-state index >= 15 is 0 Å². The molecule has 0 fully saturated rings. The van der Waals surface area contributed by atoms with Crippen LogP contribution in [0.5, 0.6) is 11.5 Å². The number of hydrogen-bond acceptors (Lipinski definition) is 5. The van der Waals surface area contributed by atoms with E-state index in [0.29, 0.717) is 28.7 Å². The van der Waals surface area contributed by atoms with Gasteiger partial charge in [-0.05, 0) is 42.0 Å². The molecular formula is C22H19ClN2O4. The summed E-state index contributed by atoms with van der Waals surface area (Å²) in [6.45, 7) is -0.172. The van der Waals surface area contributed by atoms with Gasteiger partial charge in [-0.3, -0.25) is 4.79 Å². The summed E-state index contributed by atoms with van der Waals surface area (Å²) in [4.78, 5) is 12.9. The third kappa shape index (κ3) is 4.12. The van der Waals surface area contributed by atoms with E-state index in [1.165, 1.54) is 5.01 Å². The molecule has 7 heteroatoms. The van der Waals surface area contributed by atoms with Gasteiger partial charge in [-0.1, -0.05) is 35.9 Å². The van der Waals surface area contributed by atoms with Crippen molar-refractivity contribution in [3.63, 3.8) is 0 Å². The van der Waals surface area contributed by atoms with Crippen LogP contribution in [0, 0.1) is 0 Å². The normalized spacial score (nSPS) is 15.9. The first kappa shape index (κ1) is 19.1. The first-order chi connectivity index (χ1) is 14.2. The number of ether oxygens (including phenoxy) is 2. The molecule has 148 valence electrons. The van der Waals surface area contributed by atoms with Crippen molar-refractivity contribution in [3.8, 4) is 11.5 Å². The summed E-state index contributed by atoms with van der Waals surface area (Å²) >= 11 is 5.99. The summed E-state index contributed by atoms with van der Waals surface area (Å²) in [6.07, 6.45) is 2.12. The zero-order valence-electron chi connectivity index (χ0n) is 15.7. The van der Waals surface area contributed by atoms with Crippen LogP contribution in [0.3, 0.4) is 0 Å². The third-order valence-electron chi connectivity index (χ3n) is 4.64. The quantitative estimate of drug-likeness (QED) is 0.591. The molecule has 1 aliphatic rings. The van der Waals surface area contributed by atoms with E-state index in [-0.39, 0.29) is 18.6 Å². The van der Waals surface area contributed by atoms with Crippen molar-refractivity contribution < 1.29 is 18.7 Å². The maximum absolute atomic E-state index is 12.9. The number of methoxy groups -OCH3 is 1. The number of hydrazone groups is 1. The molecule has 0 bridgehead atoms. The Morgan fingerprint density at radius 1 is 1.14 bits per heavy atom. The van der Waals surface area contributed by atoms with E-state index < -0.39 is 0 Å². The Bertz CT molecular complexity index is 1020. The summed E-state index contributed by atoms with van der Waals surface area (Å²) in [7, 11) is 1.56. The molecule has 2 aromatic carbocycles. The second kappa shape index (κ2) is 8.41. The first-order valence-electron chi connectivity index (χ1n) is 9.10. The van der Waals surface area contributed by atoms with Gasteiger partial charge in [-0.25, -0.2) is 5.01 Å². The summed E-state index contributed by atoms with van der Waals surface area (Å²) in [6, 6.07) is 17.9. The smallest absolute Gasteiger partial charge is 0.281 e. The van der Waals surface area contributed by atoms with E-state index in [1.54, 1.807) is 43.7 Å². The molecule has 0 radical (unpaired) electrons. The van der Waals surface area contributed by atoms with Crippen molar-refractivity contribution in [2.24, 2.45) is 5.10 Å². The van der Waals surface area contributed by atoms with Crippen molar-refractivity contribution in [1.82, 2.24) is 5.01 Å². The molecule has 0 unspecified atom stereocenters. The van der Waals surface area contributed by atoms with E-state index in [1.807, 2.05) is 30.3 Å². The highest BCUT2D eigenvalue weighted by Gasteiger charge is 2.35. The van der Waals surface area contributed by atoms with E-state index in [4.69, 9.17) is 25.5 Å². The van der Waals surface area contributed by atoms with E-state index in [2.05, 4.69) is 5.10 Å². The average molecular weight is 411 g/mol. The van der Waals surface area contributed by atoms with Gasteiger partial charge in [0, 0.05) is 11.4 Å². The second-order valence-corrected chi connectivity index (χ2v) is 6.90. The Morgan fingerprint density at radius 2 is 1.90 bits per heavy atom. The largest absolute Gasteiger partial charge is 0.493 e. The monoisotopic (exact) mass is 410 g/mol. The highest BCUT2D eigenvalue weighted by atomic mass is 35.5. The van der Waals surface area contributed by atoms with Crippen LogP contribution >= 0.6 is 11.6 Å². The lowest BCUT2D eigenvalue weighted by Gasteiger charge is -2.20. The third-order valence-corrected chi connectivity index (χ3v) is 4.89. The average Bonchev–Trinajstić information content (AvgIpc) is 3.42. The lowest BCUT2D eigenvalue weighted by atomic mass is 10.0. The molecule has 0 N–H and O–H groups in total.